The van der Waals surface area contributed by atoms with Crippen molar-refractivity contribution in [2.24, 2.45) is 0 Å². The van der Waals surface area contributed by atoms with E-state index in [1.54, 1.807) is 18.2 Å². The van der Waals surface area contributed by atoms with Crippen LogP contribution in [0.1, 0.15) is 6.42 Å². The van der Waals surface area contributed by atoms with Crippen molar-refractivity contribution >= 4 is 21.6 Å². The maximum atomic E-state index is 13.8. The van der Waals surface area contributed by atoms with Gasteiger partial charge in [-0.1, -0.05) is 12.1 Å². The second kappa shape index (κ2) is 7.53. The first kappa shape index (κ1) is 19.1. The third-order valence-electron chi connectivity index (χ3n) is 4.25. The smallest absolute Gasteiger partial charge is 0.243 e. The van der Waals surface area contributed by atoms with E-state index in [0.29, 0.717) is 17.2 Å². The summed E-state index contributed by atoms with van der Waals surface area (Å²) in [6.45, 7) is 0.127. The standard InChI is InChI=1S/C18H19FN2O5S/c1-25-15-8-7-13(10-16(15)26-2)21-11-12(9-18(21)22)20-27(23,24)17-6-4-3-5-14(17)19/h3-8,10,12,20H,9,11H2,1-2H3/t12-/m1/s1. The Morgan fingerprint density at radius 3 is 2.48 bits per heavy atom. The number of hydrogen-bond donors (Lipinski definition) is 1. The first-order valence-electron chi connectivity index (χ1n) is 8.15. The number of methoxy groups -OCH3 is 2. The van der Waals surface area contributed by atoms with E-state index in [1.165, 1.54) is 37.3 Å². The Bertz CT molecular complexity index is 964. The van der Waals surface area contributed by atoms with Gasteiger partial charge in [-0.05, 0) is 24.3 Å². The quantitative estimate of drug-likeness (QED) is 0.809. The zero-order valence-corrected chi connectivity index (χ0v) is 15.6. The van der Waals surface area contributed by atoms with Gasteiger partial charge in [0.25, 0.3) is 0 Å². The van der Waals surface area contributed by atoms with E-state index in [9.17, 15) is 17.6 Å². The lowest BCUT2D eigenvalue weighted by atomic mass is 10.2. The Balaban J connectivity index is 1.79. The fraction of sp³-hybridized carbons (Fsp3) is 0.278. The van der Waals surface area contributed by atoms with Crippen LogP contribution in [0.3, 0.4) is 0 Å². The zero-order valence-electron chi connectivity index (χ0n) is 14.8. The molecule has 1 atom stereocenters. The number of benzene rings is 2. The molecule has 1 fully saturated rings. The highest BCUT2D eigenvalue weighted by Crippen LogP contribution is 2.33. The van der Waals surface area contributed by atoms with Crippen molar-refractivity contribution < 1.29 is 27.1 Å². The fourth-order valence-corrected chi connectivity index (χ4v) is 4.28. The van der Waals surface area contributed by atoms with Crippen molar-refractivity contribution in [2.45, 2.75) is 17.4 Å². The molecule has 0 unspecified atom stereocenters. The summed E-state index contributed by atoms with van der Waals surface area (Å²) in [5.41, 5.74) is 0.560. The van der Waals surface area contributed by atoms with Crippen LogP contribution >= 0.6 is 0 Å². The van der Waals surface area contributed by atoms with Gasteiger partial charge >= 0.3 is 0 Å². The summed E-state index contributed by atoms with van der Waals surface area (Å²) in [6.07, 6.45) is -0.0258. The molecule has 0 saturated carbocycles. The van der Waals surface area contributed by atoms with E-state index < -0.39 is 26.8 Å². The predicted octanol–water partition coefficient (Wildman–Crippen LogP) is 1.93. The SMILES string of the molecule is COc1ccc(N2C[C@H](NS(=O)(=O)c3ccccc3F)CC2=O)cc1OC. The van der Waals surface area contributed by atoms with Crippen LogP contribution < -0.4 is 19.1 Å². The van der Waals surface area contributed by atoms with Gasteiger partial charge < -0.3 is 14.4 Å². The summed E-state index contributed by atoms with van der Waals surface area (Å²) in [5, 5.41) is 0. The van der Waals surface area contributed by atoms with Crippen molar-refractivity contribution in [2.75, 3.05) is 25.7 Å². The van der Waals surface area contributed by atoms with Crippen molar-refractivity contribution in [1.82, 2.24) is 4.72 Å². The summed E-state index contributed by atoms with van der Waals surface area (Å²) in [7, 11) is -1.08. The van der Waals surface area contributed by atoms with Crippen LogP contribution in [0.4, 0.5) is 10.1 Å². The number of nitrogens with one attached hydrogen (secondary N) is 1. The van der Waals surface area contributed by atoms with Crippen LogP contribution in [0.2, 0.25) is 0 Å². The van der Waals surface area contributed by atoms with Gasteiger partial charge in [-0.2, -0.15) is 0 Å². The van der Waals surface area contributed by atoms with Gasteiger partial charge in [0.1, 0.15) is 10.7 Å². The van der Waals surface area contributed by atoms with Gasteiger partial charge in [-0.3, -0.25) is 4.79 Å². The molecule has 1 amide bonds. The van der Waals surface area contributed by atoms with Crippen LogP contribution in [0.25, 0.3) is 0 Å². The second-order valence-corrected chi connectivity index (χ2v) is 7.68. The van der Waals surface area contributed by atoms with Crippen LogP contribution in [0, 0.1) is 5.82 Å². The van der Waals surface area contributed by atoms with Gasteiger partial charge in [0.2, 0.25) is 15.9 Å². The Morgan fingerprint density at radius 2 is 1.81 bits per heavy atom. The average Bonchev–Trinajstić information content (AvgIpc) is 3.00. The molecule has 1 heterocycles. The molecule has 3 rings (SSSR count). The second-order valence-electron chi connectivity index (χ2n) is 6.00. The van der Waals surface area contributed by atoms with Crippen molar-refractivity contribution in [3.63, 3.8) is 0 Å². The number of ether oxygens (including phenoxy) is 2. The minimum absolute atomic E-state index is 0.0258. The van der Waals surface area contributed by atoms with Gasteiger partial charge in [0.15, 0.2) is 11.5 Å². The Hall–Kier alpha value is -2.65. The molecule has 0 aliphatic carbocycles. The van der Waals surface area contributed by atoms with Crippen LogP contribution in [0.5, 0.6) is 11.5 Å². The normalized spacial score (nSPS) is 17.2. The van der Waals surface area contributed by atoms with Crippen LogP contribution in [0.15, 0.2) is 47.4 Å². The lowest BCUT2D eigenvalue weighted by Gasteiger charge is -2.19. The Morgan fingerprint density at radius 1 is 1.11 bits per heavy atom. The fourth-order valence-electron chi connectivity index (χ4n) is 2.97. The number of rotatable bonds is 6. The van der Waals surface area contributed by atoms with E-state index in [4.69, 9.17) is 9.47 Å². The number of halogens is 1. The highest BCUT2D eigenvalue weighted by atomic mass is 32.2. The molecule has 2 aromatic rings. The topological polar surface area (TPSA) is 84.9 Å². The molecule has 1 aliphatic heterocycles. The number of carbonyl (C=O) groups is 1. The van der Waals surface area contributed by atoms with E-state index >= 15 is 0 Å². The van der Waals surface area contributed by atoms with E-state index in [0.717, 1.165) is 6.07 Å². The molecule has 7 nitrogen and oxygen atoms in total. The van der Waals surface area contributed by atoms with Gasteiger partial charge in [0.05, 0.1) is 14.2 Å². The van der Waals surface area contributed by atoms with Crippen molar-refractivity contribution in [1.29, 1.82) is 0 Å². The van der Waals surface area contributed by atoms with E-state index in [2.05, 4.69) is 4.72 Å². The maximum Gasteiger partial charge on any atom is 0.243 e. The first-order chi connectivity index (χ1) is 12.9. The van der Waals surface area contributed by atoms with Gasteiger partial charge in [0, 0.05) is 30.8 Å². The largest absolute Gasteiger partial charge is 0.493 e. The number of anilines is 1. The molecule has 1 saturated heterocycles. The highest BCUT2D eigenvalue weighted by molar-refractivity contribution is 7.89. The lowest BCUT2D eigenvalue weighted by Crippen LogP contribution is -2.37. The molecular weight excluding hydrogens is 375 g/mol. The number of hydrogen-bond acceptors (Lipinski definition) is 5. The Kier molecular flexibility index (Phi) is 5.33. The number of nitrogens with zero attached hydrogens (tertiary/aromatic N) is 1. The summed E-state index contributed by atoms with van der Waals surface area (Å²) in [6, 6.07) is 9.43. The number of sulfonamides is 1. The van der Waals surface area contributed by atoms with Crippen molar-refractivity contribution in [3.8, 4) is 11.5 Å². The van der Waals surface area contributed by atoms with Crippen LogP contribution in [-0.2, 0) is 14.8 Å². The monoisotopic (exact) mass is 394 g/mol. The molecule has 2 aromatic carbocycles. The summed E-state index contributed by atoms with van der Waals surface area (Å²) >= 11 is 0. The minimum atomic E-state index is -4.08. The molecular formula is C18H19FN2O5S. The number of carbonyl (C=O) groups excluding carboxylic acids is 1. The van der Waals surface area contributed by atoms with E-state index in [1.807, 2.05) is 0 Å². The molecule has 27 heavy (non-hydrogen) atoms. The molecule has 144 valence electrons. The molecule has 0 radical (unpaired) electrons. The molecule has 0 spiro atoms. The maximum absolute atomic E-state index is 13.8. The van der Waals surface area contributed by atoms with Gasteiger partial charge in [-0.15, -0.1) is 0 Å². The highest BCUT2D eigenvalue weighted by Gasteiger charge is 2.34. The molecule has 0 aromatic heterocycles. The third-order valence-corrected chi connectivity index (χ3v) is 5.81. The summed E-state index contributed by atoms with van der Waals surface area (Å²) < 4.78 is 51.5. The van der Waals surface area contributed by atoms with E-state index in [-0.39, 0.29) is 18.9 Å². The van der Waals surface area contributed by atoms with Gasteiger partial charge in [-0.25, -0.2) is 17.5 Å². The summed E-state index contributed by atoms with van der Waals surface area (Å²) in [5.74, 6) is -0.114. The summed E-state index contributed by atoms with van der Waals surface area (Å²) in [4.78, 5) is 13.4. The third kappa shape index (κ3) is 3.88. The van der Waals surface area contributed by atoms with Crippen LogP contribution in [-0.4, -0.2) is 41.1 Å². The molecule has 9 heteroatoms. The first-order valence-corrected chi connectivity index (χ1v) is 9.63. The zero-order chi connectivity index (χ0) is 19.6. The number of amides is 1. The molecule has 1 N–H and O–H groups in total. The Labute approximate surface area is 156 Å². The predicted molar refractivity (Wildman–Crippen MR) is 97.0 cm³/mol. The molecule has 1 aliphatic rings. The molecule has 0 bridgehead atoms. The van der Waals surface area contributed by atoms with Crippen molar-refractivity contribution in [3.05, 3.63) is 48.3 Å². The average molecular weight is 394 g/mol. The lowest BCUT2D eigenvalue weighted by molar-refractivity contribution is -0.117. The minimum Gasteiger partial charge on any atom is -0.493 e.